The minimum Gasteiger partial charge on any atom is -0.473 e. The minimum absolute atomic E-state index is 0.0992. The third kappa shape index (κ3) is 1.92. The van der Waals surface area contributed by atoms with E-state index in [9.17, 15) is 0 Å². The molecule has 50 valence electrons. The van der Waals surface area contributed by atoms with E-state index in [2.05, 4.69) is 0 Å². The van der Waals surface area contributed by atoms with Crippen LogP contribution in [0.15, 0.2) is 24.7 Å². The highest BCUT2D eigenvalue weighted by Gasteiger charge is 2.11. The molecule has 0 radical (unpaired) electrons. The monoisotopic (exact) mass is 164 g/mol. The lowest BCUT2D eigenvalue weighted by atomic mass is 10.1. The Hall–Kier alpha value is -0.140. The fourth-order valence-corrected chi connectivity index (χ4v) is 0.886. The Morgan fingerprint density at radius 3 is 2.11 bits per heavy atom. The Bertz CT molecular complexity index is 128. The zero-order valence-corrected chi connectivity index (χ0v) is 6.14. The van der Waals surface area contributed by atoms with Gasteiger partial charge >= 0.3 is 0 Å². The fourth-order valence-electron chi connectivity index (χ4n) is 0.550. The van der Waals surface area contributed by atoms with E-state index in [0.29, 0.717) is 0 Å². The molecule has 0 aromatic carbocycles. The predicted octanol–water partition coefficient (Wildman–Crippen LogP) is 2.46. The molecule has 1 rings (SSSR count). The number of ether oxygens (including phenoxy) is 1. The van der Waals surface area contributed by atoms with Crippen LogP contribution in [0.25, 0.3) is 0 Å². The molecule has 0 N–H and O–H groups in total. The quantitative estimate of drug-likeness (QED) is 0.542. The molecule has 0 bridgehead atoms. The fraction of sp³-hybridized carbons (Fsp3) is 0.333. The zero-order valence-electron chi connectivity index (χ0n) is 4.63. The van der Waals surface area contributed by atoms with Gasteiger partial charge in [0.1, 0.15) is 4.84 Å². The van der Waals surface area contributed by atoms with Gasteiger partial charge in [-0.1, -0.05) is 0 Å². The Kier molecular flexibility index (Phi) is 2.43. The zero-order chi connectivity index (χ0) is 6.69. The van der Waals surface area contributed by atoms with E-state index in [1.165, 1.54) is 0 Å². The average Bonchev–Trinajstić information content (AvgIpc) is 1.90. The third-order valence-corrected chi connectivity index (χ3v) is 1.63. The van der Waals surface area contributed by atoms with Crippen LogP contribution in [-0.2, 0) is 4.74 Å². The van der Waals surface area contributed by atoms with Crippen molar-refractivity contribution >= 4 is 23.2 Å². The molecule has 0 aliphatic carbocycles. The van der Waals surface area contributed by atoms with Crippen molar-refractivity contribution in [1.29, 1.82) is 0 Å². The topological polar surface area (TPSA) is 9.23 Å². The van der Waals surface area contributed by atoms with Crippen LogP contribution in [0.4, 0.5) is 0 Å². The first-order valence-electron chi connectivity index (χ1n) is 2.57. The van der Waals surface area contributed by atoms with Crippen LogP contribution in [-0.4, -0.2) is 4.84 Å². The molecule has 1 heterocycles. The summed E-state index contributed by atoms with van der Waals surface area (Å²) in [5.41, 5.74) is 0. The highest BCUT2D eigenvalue weighted by molar-refractivity contribution is 6.44. The van der Waals surface area contributed by atoms with Crippen molar-refractivity contribution in [3.8, 4) is 0 Å². The van der Waals surface area contributed by atoms with Crippen molar-refractivity contribution in [2.75, 3.05) is 0 Å². The summed E-state index contributed by atoms with van der Waals surface area (Å²) in [5, 5.41) is 0. The molecule has 0 atom stereocenters. The summed E-state index contributed by atoms with van der Waals surface area (Å²) in [6, 6.07) is 0. The smallest absolute Gasteiger partial charge is 0.117 e. The number of rotatable bonds is 1. The van der Waals surface area contributed by atoms with Gasteiger partial charge in [0.05, 0.1) is 12.5 Å². The van der Waals surface area contributed by atoms with E-state index >= 15 is 0 Å². The van der Waals surface area contributed by atoms with Crippen molar-refractivity contribution < 1.29 is 4.74 Å². The standard InChI is InChI=1S/C6H6Cl2O/c7-6(8)5-1-3-9-4-2-5/h1-6H. The van der Waals surface area contributed by atoms with Crippen LogP contribution >= 0.6 is 23.2 Å². The van der Waals surface area contributed by atoms with Gasteiger partial charge in [0.2, 0.25) is 0 Å². The van der Waals surface area contributed by atoms with Gasteiger partial charge in [-0.25, -0.2) is 0 Å². The van der Waals surface area contributed by atoms with Crippen LogP contribution in [0.1, 0.15) is 0 Å². The molecule has 0 saturated carbocycles. The van der Waals surface area contributed by atoms with Crippen LogP contribution in [0.3, 0.4) is 0 Å². The number of hydrogen-bond acceptors (Lipinski definition) is 1. The second-order valence-electron chi connectivity index (χ2n) is 1.70. The van der Waals surface area contributed by atoms with Gasteiger partial charge in [0.25, 0.3) is 0 Å². The highest BCUT2D eigenvalue weighted by atomic mass is 35.5. The summed E-state index contributed by atoms with van der Waals surface area (Å²) in [6.45, 7) is 0. The molecule has 0 saturated heterocycles. The first-order chi connectivity index (χ1) is 4.30. The minimum atomic E-state index is -0.374. The summed E-state index contributed by atoms with van der Waals surface area (Å²) < 4.78 is 4.77. The summed E-state index contributed by atoms with van der Waals surface area (Å²) in [6.07, 6.45) is 6.76. The molecular weight excluding hydrogens is 159 g/mol. The first kappa shape index (κ1) is 6.97. The second-order valence-corrected chi connectivity index (χ2v) is 2.87. The van der Waals surface area contributed by atoms with Gasteiger partial charge in [-0.05, 0) is 12.2 Å². The molecule has 1 aliphatic heterocycles. The average molecular weight is 165 g/mol. The molecule has 0 unspecified atom stereocenters. The lowest BCUT2D eigenvalue weighted by molar-refractivity contribution is 0.385. The maximum absolute atomic E-state index is 5.56. The normalized spacial score (nSPS) is 18.6. The molecule has 0 spiro atoms. The summed E-state index contributed by atoms with van der Waals surface area (Å²) >= 11 is 11.1. The van der Waals surface area contributed by atoms with E-state index < -0.39 is 0 Å². The molecule has 1 nitrogen and oxygen atoms in total. The molecule has 9 heavy (non-hydrogen) atoms. The first-order valence-corrected chi connectivity index (χ1v) is 3.45. The molecular formula is C6H6Cl2O. The lowest BCUT2D eigenvalue weighted by Crippen LogP contribution is -2.04. The number of hydrogen-bond donors (Lipinski definition) is 0. The maximum Gasteiger partial charge on any atom is 0.117 e. The summed E-state index contributed by atoms with van der Waals surface area (Å²) in [5.74, 6) is 0.0992. The van der Waals surface area contributed by atoms with Crippen molar-refractivity contribution in [3.63, 3.8) is 0 Å². The van der Waals surface area contributed by atoms with Crippen LogP contribution < -0.4 is 0 Å². The Morgan fingerprint density at radius 1 is 1.22 bits per heavy atom. The maximum atomic E-state index is 5.56. The van der Waals surface area contributed by atoms with E-state index in [0.717, 1.165) is 0 Å². The van der Waals surface area contributed by atoms with Gasteiger partial charge in [-0.15, -0.1) is 23.2 Å². The van der Waals surface area contributed by atoms with E-state index in [1.807, 2.05) is 12.2 Å². The highest BCUT2D eigenvalue weighted by Crippen LogP contribution is 2.20. The van der Waals surface area contributed by atoms with Gasteiger partial charge in [-0.3, -0.25) is 0 Å². The summed E-state index contributed by atoms with van der Waals surface area (Å²) in [7, 11) is 0. The van der Waals surface area contributed by atoms with Crippen molar-refractivity contribution in [1.82, 2.24) is 0 Å². The van der Waals surface area contributed by atoms with Gasteiger partial charge < -0.3 is 4.74 Å². The van der Waals surface area contributed by atoms with Crippen molar-refractivity contribution in [2.45, 2.75) is 4.84 Å². The van der Waals surface area contributed by atoms with Gasteiger partial charge in [0, 0.05) is 5.92 Å². The van der Waals surface area contributed by atoms with Crippen molar-refractivity contribution in [2.24, 2.45) is 5.92 Å². The van der Waals surface area contributed by atoms with Crippen LogP contribution in [0.2, 0.25) is 0 Å². The Balaban J connectivity index is 2.49. The van der Waals surface area contributed by atoms with E-state index in [1.54, 1.807) is 12.5 Å². The number of allylic oxidation sites excluding steroid dienone is 2. The van der Waals surface area contributed by atoms with E-state index in [4.69, 9.17) is 27.9 Å². The summed E-state index contributed by atoms with van der Waals surface area (Å²) in [4.78, 5) is -0.374. The molecule has 0 amide bonds. The third-order valence-electron chi connectivity index (χ3n) is 1.05. The molecule has 0 fully saturated rings. The van der Waals surface area contributed by atoms with Crippen LogP contribution in [0, 0.1) is 5.92 Å². The lowest BCUT2D eigenvalue weighted by Gasteiger charge is -2.10. The van der Waals surface area contributed by atoms with Gasteiger partial charge in [0.15, 0.2) is 0 Å². The van der Waals surface area contributed by atoms with E-state index in [-0.39, 0.29) is 10.8 Å². The molecule has 1 aliphatic rings. The van der Waals surface area contributed by atoms with Gasteiger partial charge in [-0.2, -0.15) is 0 Å². The predicted molar refractivity (Wildman–Crippen MR) is 38.3 cm³/mol. The molecule has 0 aromatic rings. The molecule has 3 heteroatoms. The molecule has 0 aromatic heterocycles. The second kappa shape index (κ2) is 3.14. The Morgan fingerprint density at radius 2 is 1.78 bits per heavy atom. The number of alkyl halides is 2. The van der Waals surface area contributed by atoms with Crippen LogP contribution in [0.5, 0.6) is 0 Å². The number of halogens is 2. The SMILES string of the molecule is ClC(Cl)C1C=COC=C1. The largest absolute Gasteiger partial charge is 0.473 e. The Labute approximate surface area is 63.9 Å². The van der Waals surface area contributed by atoms with Crippen molar-refractivity contribution in [3.05, 3.63) is 24.7 Å².